The molecule has 0 bridgehead atoms. The third-order valence-corrected chi connectivity index (χ3v) is 8.67. The molecule has 1 aliphatic heterocycles. The summed E-state index contributed by atoms with van der Waals surface area (Å²) in [6.07, 6.45) is 7.49. The van der Waals surface area contributed by atoms with Crippen LogP contribution in [0.15, 0.2) is 5.16 Å². The van der Waals surface area contributed by atoms with Crippen LogP contribution in [0.1, 0.15) is 65.9 Å². The fourth-order valence-corrected chi connectivity index (χ4v) is 6.64. The van der Waals surface area contributed by atoms with E-state index in [1.54, 1.807) is 0 Å². The number of esters is 1. The number of ether oxygens (including phenoxy) is 1. The molecule has 1 saturated heterocycles. The monoisotopic (exact) mass is 475 g/mol. The number of aromatic nitrogens is 3. The second-order valence-corrected chi connectivity index (χ2v) is 11.0. The molecule has 3 aliphatic rings. The number of hydrogen-bond acceptors (Lipinski definition) is 8. The number of fused-ring (bicyclic) bond motifs is 1. The van der Waals surface area contributed by atoms with Gasteiger partial charge >= 0.3 is 5.97 Å². The molecular weight excluding hydrogens is 446 g/mol. The van der Waals surface area contributed by atoms with Gasteiger partial charge in [0.05, 0.1) is 18.4 Å². The zero-order chi connectivity index (χ0) is 22.2. The van der Waals surface area contributed by atoms with Crippen molar-refractivity contribution in [1.29, 1.82) is 0 Å². The quantitative estimate of drug-likeness (QED) is 0.480. The molecule has 8 nitrogen and oxygen atoms in total. The Balaban J connectivity index is 1.27. The Labute approximate surface area is 196 Å². The molecule has 5 rings (SSSR count). The van der Waals surface area contributed by atoms with E-state index in [1.165, 1.54) is 47.9 Å². The fraction of sp³-hybridized carbons (Fsp3) is 0.636. The van der Waals surface area contributed by atoms with Crippen molar-refractivity contribution < 1.29 is 14.3 Å². The molecule has 1 saturated carbocycles. The van der Waals surface area contributed by atoms with Crippen molar-refractivity contribution in [3.63, 3.8) is 0 Å². The molecule has 2 fully saturated rings. The molecule has 0 unspecified atom stereocenters. The number of thiophene rings is 1. The van der Waals surface area contributed by atoms with Gasteiger partial charge in [-0.1, -0.05) is 18.7 Å². The van der Waals surface area contributed by atoms with Gasteiger partial charge in [-0.25, -0.2) is 4.79 Å². The van der Waals surface area contributed by atoms with E-state index in [0.717, 1.165) is 67.8 Å². The van der Waals surface area contributed by atoms with Crippen molar-refractivity contribution in [3.8, 4) is 0 Å². The topological polar surface area (TPSA) is 89.3 Å². The van der Waals surface area contributed by atoms with Gasteiger partial charge in [-0.3, -0.25) is 9.36 Å². The zero-order valence-electron chi connectivity index (χ0n) is 18.6. The largest absolute Gasteiger partial charge is 0.465 e. The Bertz CT molecular complexity index is 1020. The minimum Gasteiger partial charge on any atom is -0.465 e. The van der Waals surface area contributed by atoms with E-state index in [9.17, 15) is 9.59 Å². The summed E-state index contributed by atoms with van der Waals surface area (Å²) in [5, 5.41) is 13.3. The third kappa shape index (κ3) is 4.26. The number of nitrogens with zero attached hydrogens (tertiary/aromatic N) is 4. The van der Waals surface area contributed by atoms with Gasteiger partial charge in [-0.2, -0.15) is 0 Å². The summed E-state index contributed by atoms with van der Waals surface area (Å²) < 4.78 is 7.20. The van der Waals surface area contributed by atoms with Crippen LogP contribution in [-0.4, -0.2) is 52.6 Å². The maximum Gasteiger partial charge on any atom is 0.341 e. The van der Waals surface area contributed by atoms with Gasteiger partial charge < -0.3 is 15.0 Å². The Morgan fingerprint density at radius 2 is 1.97 bits per heavy atom. The molecule has 0 spiro atoms. The first kappa shape index (κ1) is 21.8. The third-order valence-electron chi connectivity index (χ3n) is 6.52. The zero-order valence-corrected chi connectivity index (χ0v) is 20.2. The lowest BCUT2D eigenvalue weighted by Gasteiger charge is -2.31. The van der Waals surface area contributed by atoms with Crippen LogP contribution >= 0.6 is 23.1 Å². The van der Waals surface area contributed by atoms with E-state index in [1.807, 2.05) is 0 Å². The van der Waals surface area contributed by atoms with Crippen molar-refractivity contribution >= 4 is 45.9 Å². The van der Waals surface area contributed by atoms with Crippen LogP contribution in [-0.2, 0) is 22.4 Å². The van der Waals surface area contributed by atoms with Crippen LogP contribution < -0.4 is 10.2 Å². The molecule has 0 radical (unpaired) electrons. The Hall–Kier alpha value is -2.07. The summed E-state index contributed by atoms with van der Waals surface area (Å²) in [4.78, 5) is 28.6. The minimum absolute atomic E-state index is 0.140. The fourth-order valence-electron chi connectivity index (χ4n) is 4.55. The average molecular weight is 476 g/mol. The molecule has 0 atom stereocenters. The molecule has 3 heterocycles. The molecule has 32 heavy (non-hydrogen) atoms. The summed E-state index contributed by atoms with van der Waals surface area (Å²) in [5.41, 5.74) is 1.57. The summed E-state index contributed by atoms with van der Waals surface area (Å²) in [7, 11) is 1.38. The number of amides is 1. The van der Waals surface area contributed by atoms with Crippen LogP contribution in [0.25, 0.3) is 0 Å². The summed E-state index contributed by atoms with van der Waals surface area (Å²) >= 11 is 2.92. The second kappa shape index (κ2) is 9.05. The molecule has 172 valence electrons. The smallest absolute Gasteiger partial charge is 0.341 e. The number of anilines is 2. The lowest BCUT2D eigenvalue weighted by Crippen LogP contribution is -2.34. The Kier molecular flexibility index (Phi) is 6.16. The molecule has 2 aliphatic carbocycles. The average Bonchev–Trinajstić information content (AvgIpc) is 3.22. The van der Waals surface area contributed by atoms with Crippen molar-refractivity contribution in [2.24, 2.45) is 5.92 Å². The highest BCUT2D eigenvalue weighted by Crippen LogP contribution is 2.42. The van der Waals surface area contributed by atoms with E-state index in [-0.39, 0.29) is 17.6 Å². The van der Waals surface area contributed by atoms with Crippen LogP contribution in [0, 0.1) is 5.92 Å². The maximum absolute atomic E-state index is 12.8. The van der Waals surface area contributed by atoms with Crippen LogP contribution in [0.4, 0.5) is 10.9 Å². The van der Waals surface area contributed by atoms with Crippen LogP contribution in [0.5, 0.6) is 0 Å². The number of aryl methyl sites for hydroxylation is 1. The van der Waals surface area contributed by atoms with Gasteiger partial charge in [0, 0.05) is 24.0 Å². The van der Waals surface area contributed by atoms with Gasteiger partial charge in [0.25, 0.3) is 0 Å². The first-order chi connectivity index (χ1) is 15.5. The second-order valence-electron chi connectivity index (χ2n) is 8.94. The standard InChI is InChI=1S/C22H29N5O3S2/c1-13-8-10-26(11-9-13)21-24-25-22(27(21)14-6-7-14)31-12-17(28)23-19-18(20(29)30-2)15-4-3-5-16(15)32-19/h13-14H,3-12H2,1-2H3,(H,23,28). The summed E-state index contributed by atoms with van der Waals surface area (Å²) in [5.74, 6) is 1.42. The number of rotatable bonds is 7. The van der Waals surface area contributed by atoms with Crippen molar-refractivity contribution in [1.82, 2.24) is 14.8 Å². The highest BCUT2D eigenvalue weighted by atomic mass is 32.2. The van der Waals surface area contributed by atoms with Gasteiger partial charge in [0.15, 0.2) is 5.16 Å². The minimum atomic E-state index is -0.374. The van der Waals surface area contributed by atoms with Crippen molar-refractivity contribution in [2.45, 2.75) is 63.1 Å². The number of nitrogens with one attached hydrogen (secondary N) is 1. The lowest BCUT2D eigenvalue weighted by molar-refractivity contribution is -0.113. The first-order valence-electron chi connectivity index (χ1n) is 11.4. The lowest BCUT2D eigenvalue weighted by atomic mass is 10.00. The predicted octanol–water partition coefficient (Wildman–Crippen LogP) is 3.92. The van der Waals surface area contributed by atoms with E-state index in [0.29, 0.717) is 16.6 Å². The highest BCUT2D eigenvalue weighted by Gasteiger charge is 2.33. The molecule has 10 heteroatoms. The van der Waals surface area contributed by atoms with Gasteiger partial charge in [-0.15, -0.1) is 21.5 Å². The summed E-state index contributed by atoms with van der Waals surface area (Å²) in [6, 6.07) is 0.441. The summed E-state index contributed by atoms with van der Waals surface area (Å²) in [6.45, 7) is 4.32. The number of piperidine rings is 1. The Morgan fingerprint density at radius 1 is 1.19 bits per heavy atom. The van der Waals surface area contributed by atoms with Gasteiger partial charge in [0.1, 0.15) is 5.00 Å². The normalized spacial score (nSPS) is 18.6. The van der Waals surface area contributed by atoms with Crippen LogP contribution in [0.3, 0.4) is 0 Å². The van der Waals surface area contributed by atoms with Crippen molar-refractivity contribution in [2.75, 3.05) is 36.2 Å². The SMILES string of the molecule is COC(=O)c1c(NC(=O)CSc2nnc(N3CCC(C)CC3)n2C2CC2)sc2c1CCC2. The number of carbonyl (C=O) groups is 2. The van der Waals surface area contributed by atoms with E-state index >= 15 is 0 Å². The van der Waals surface area contributed by atoms with Gasteiger partial charge in [-0.05, 0) is 56.4 Å². The molecule has 2 aromatic rings. The molecule has 0 aromatic carbocycles. The molecule has 2 aromatic heterocycles. The maximum atomic E-state index is 12.8. The number of thioether (sulfide) groups is 1. The number of hydrogen-bond donors (Lipinski definition) is 1. The van der Waals surface area contributed by atoms with Crippen LogP contribution in [0.2, 0.25) is 0 Å². The molecule has 1 N–H and O–H groups in total. The van der Waals surface area contributed by atoms with E-state index in [4.69, 9.17) is 4.74 Å². The van der Waals surface area contributed by atoms with E-state index < -0.39 is 0 Å². The first-order valence-corrected chi connectivity index (χ1v) is 13.2. The molecular formula is C22H29N5O3S2. The predicted molar refractivity (Wildman–Crippen MR) is 126 cm³/mol. The molecule has 1 amide bonds. The van der Waals surface area contributed by atoms with Crippen molar-refractivity contribution in [3.05, 3.63) is 16.0 Å². The number of carbonyl (C=O) groups excluding carboxylic acids is 2. The Morgan fingerprint density at radius 3 is 2.69 bits per heavy atom. The van der Waals surface area contributed by atoms with Gasteiger partial charge in [0.2, 0.25) is 11.9 Å². The van der Waals surface area contributed by atoms with E-state index in [2.05, 4.69) is 31.9 Å². The number of methoxy groups -OCH3 is 1. The highest BCUT2D eigenvalue weighted by molar-refractivity contribution is 7.99.